The summed E-state index contributed by atoms with van der Waals surface area (Å²) in [6.07, 6.45) is 4.47. The van der Waals surface area contributed by atoms with Crippen LogP contribution in [0.2, 0.25) is 0 Å². The van der Waals surface area contributed by atoms with E-state index in [1.807, 2.05) is 20.0 Å². The van der Waals surface area contributed by atoms with E-state index in [2.05, 4.69) is 22.2 Å². The summed E-state index contributed by atoms with van der Waals surface area (Å²) in [4.78, 5) is 24.1. The monoisotopic (exact) mass is 318 g/mol. The summed E-state index contributed by atoms with van der Waals surface area (Å²) in [5, 5.41) is 4.31. The zero-order valence-corrected chi connectivity index (χ0v) is 14.3. The Bertz CT molecular complexity index is 639. The van der Waals surface area contributed by atoms with Gasteiger partial charge in [0.05, 0.1) is 17.1 Å². The Balaban J connectivity index is 2.13. The molecule has 0 aromatic carbocycles. The molecule has 2 heterocycles. The average Bonchev–Trinajstić information content (AvgIpc) is 2.94. The first-order valence-corrected chi connectivity index (χ1v) is 8.23. The summed E-state index contributed by atoms with van der Waals surface area (Å²) < 4.78 is 0. The van der Waals surface area contributed by atoms with Gasteiger partial charge in [0.15, 0.2) is 0 Å². The maximum atomic E-state index is 12.7. The molecule has 0 spiro atoms. The molecule has 1 N–H and O–H groups in total. The minimum atomic E-state index is -0.0392. The first-order chi connectivity index (χ1) is 10.5. The van der Waals surface area contributed by atoms with Crippen LogP contribution >= 0.6 is 11.3 Å². The van der Waals surface area contributed by atoms with Crippen LogP contribution in [0.5, 0.6) is 0 Å². The lowest BCUT2D eigenvalue weighted by Gasteiger charge is -2.19. The topological polar surface area (TPSA) is 58.1 Å². The number of thiazole rings is 1. The Labute approximate surface area is 135 Å². The molecule has 0 aliphatic heterocycles. The van der Waals surface area contributed by atoms with E-state index in [1.54, 1.807) is 41.6 Å². The third-order valence-electron chi connectivity index (χ3n) is 3.11. The van der Waals surface area contributed by atoms with Gasteiger partial charge in [0.25, 0.3) is 5.91 Å². The SMILES string of the molecule is CCc1ncc(CN(C)C(=O)c2cccnc2NC(C)C)s1. The third kappa shape index (κ3) is 4.04. The summed E-state index contributed by atoms with van der Waals surface area (Å²) >= 11 is 1.65. The van der Waals surface area contributed by atoms with Gasteiger partial charge in [-0.3, -0.25) is 4.79 Å². The van der Waals surface area contributed by atoms with Crippen LogP contribution < -0.4 is 5.32 Å². The summed E-state index contributed by atoms with van der Waals surface area (Å²) in [5.41, 5.74) is 0.596. The lowest BCUT2D eigenvalue weighted by atomic mass is 10.2. The van der Waals surface area contributed by atoms with Gasteiger partial charge in [-0.15, -0.1) is 11.3 Å². The molecule has 6 heteroatoms. The highest BCUT2D eigenvalue weighted by Gasteiger charge is 2.18. The van der Waals surface area contributed by atoms with Gasteiger partial charge in [-0.05, 0) is 32.4 Å². The van der Waals surface area contributed by atoms with E-state index in [0.29, 0.717) is 17.9 Å². The second-order valence-corrected chi connectivity index (χ2v) is 6.63. The molecule has 1 amide bonds. The number of pyridine rings is 1. The van der Waals surface area contributed by atoms with E-state index >= 15 is 0 Å². The van der Waals surface area contributed by atoms with Crippen LogP contribution in [0.15, 0.2) is 24.5 Å². The fourth-order valence-corrected chi connectivity index (χ4v) is 2.98. The average molecular weight is 318 g/mol. The Morgan fingerprint density at radius 3 is 2.82 bits per heavy atom. The third-order valence-corrected chi connectivity index (χ3v) is 4.23. The van der Waals surface area contributed by atoms with E-state index in [-0.39, 0.29) is 11.9 Å². The molecule has 118 valence electrons. The molecule has 22 heavy (non-hydrogen) atoms. The number of hydrogen-bond donors (Lipinski definition) is 1. The molecule has 5 nitrogen and oxygen atoms in total. The highest BCUT2D eigenvalue weighted by molar-refractivity contribution is 7.11. The van der Waals surface area contributed by atoms with Crippen molar-refractivity contribution < 1.29 is 4.79 Å². The van der Waals surface area contributed by atoms with E-state index in [0.717, 1.165) is 16.3 Å². The molecule has 2 aromatic heterocycles. The molecular weight excluding hydrogens is 296 g/mol. The van der Waals surface area contributed by atoms with Gasteiger partial charge in [-0.25, -0.2) is 9.97 Å². The minimum absolute atomic E-state index is 0.0392. The van der Waals surface area contributed by atoms with Crippen molar-refractivity contribution in [2.24, 2.45) is 0 Å². The molecule has 0 aliphatic carbocycles. The number of carbonyl (C=O) groups excluding carboxylic acids is 1. The number of nitrogens with one attached hydrogen (secondary N) is 1. The lowest BCUT2D eigenvalue weighted by molar-refractivity contribution is 0.0787. The van der Waals surface area contributed by atoms with Crippen LogP contribution in [-0.4, -0.2) is 33.9 Å². The lowest BCUT2D eigenvalue weighted by Crippen LogP contribution is -2.27. The molecule has 2 aromatic rings. The fraction of sp³-hybridized carbons (Fsp3) is 0.438. The van der Waals surface area contributed by atoms with Gasteiger partial charge in [-0.2, -0.15) is 0 Å². The Morgan fingerprint density at radius 1 is 1.41 bits per heavy atom. The van der Waals surface area contributed by atoms with E-state index in [9.17, 15) is 4.79 Å². The van der Waals surface area contributed by atoms with Crippen molar-refractivity contribution in [3.63, 3.8) is 0 Å². The second-order valence-electron chi connectivity index (χ2n) is 5.43. The number of rotatable bonds is 6. The number of anilines is 1. The van der Waals surface area contributed by atoms with Crippen LogP contribution in [-0.2, 0) is 13.0 Å². The first-order valence-electron chi connectivity index (χ1n) is 7.41. The van der Waals surface area contributed by atoms with Crippen LogP contribution in [0.3, 0.4) is 0 Å². The number of amides is 1. The van der Waals surface area contributed by atoms with E-state index in [4.69, 9.17) is 0 Å². The van der Waals surface area contributed by atoms with Crippen LogP contribution in [0.4, 0.5) is 5.82 Å². The standard InChI is InChI=1S/C16H22N4OS/c1-5-14-18-9-12(22-14)10-20(4)16(21)13-7-6-8-17-15(13)19-11(2)3/h6-9,11H,5,10H2,1-4H3,(H,17,19). The summed E-state index contributed by atoms with van der Waals surface area (Å²) in [7, 11) is 1.81. The highest BCUT2D eigenvalue weighted by Crippen LogP contribution is 2.19. The first kappa shape index (κ1) is 16.4. The molecule has 0 fully saturated rings. The van der Waals surface area contributed by atoms with Gasteiger partial charge in [0.1, 0.15) is 5.82 Å². The van der Waals surface area contributed by atoms with Gasteiger partial charge in [0.2, 0.25) is 0 Å². The Kier molecular flexibility index (Phi) is 5.49. The fourth-order valence-electron chi connectivity index (χ4n) is 2.06. The van der Waals surface area contributed by atoms with Crippen molar-refractivity contribution in [3.8, 4) is 0 Å². The maximum absolute atomic E-state index is 12.7. The van der Waals surface area contributed by atoms with Crippen molar-refractivity contribution in [2.45, 2.75) is 39.8 Å². The van der Waals surface area contributed by atoms with Gasteiger partial charge in [0, 0.05) is 30.4 Å². The zero-order valence-electron chi connectivity index (χ0n) is 13.5. The van der Waals surface area contributed by atoms with Gasteiger partial charge >= 0.3 is 0 Å². The van der Waals surface area contributed by atoms with Gasteiger partial charge in [-0.1, -0.05) is 6.92 Å². The smallest absolute Gasteiger partial charge is 0.257 e. The van der Waals surface area contributed by atoms with E-state index < -0.39 is 0 Å². The summed E-state index contributed by atoms with van der Waals surface area (Å²) in [6.45, 7) is 6.69. The maximum Gasteiger partial charge on any atom is 0.257 e. The largest absolute Gasteiger partial charge is 0.367 e. The van der Waals surface area contributed by atoms with Crippen LogP contribution in [0.25, 0.3) is 0 Å². The summed E-state index contributed by atoms with van der Waals surface area (Å²) in [5.74, 6) is 0.593. The van der Waals surface area contributed by atoms with E-state index in [1.165, 1.54) is 0 Å². The molecule has 0 atom stereocenters. The molecule has 0 saturated carbocycles. The van der Waals surface area contributed by atoms with Crippen molar-refractivity contribution in [1.29, 1.82) is 0 Å². The van der Waals surface area contributed by atoms with Crippen LogP contribution in [0, 0.1) is 0 Å². The number of nitrogens with zero attached hydrogens (tertiary/aromatic N) is 3. The minimum Gasteiger partial charge on any atom is -0.367 e. The predicted octanol–water partition coefficient (Wildman–Crippen LogP) is 3.19. The molecule has 0 saturated heterocycles. The quantitative estimate of drug-likeness (QED) is 0.888. The Hall–Kier alpha value is -1.95. The number of carbonyl (C=O) groups is 1. The predicted molar refractivity (Wildman–Crippen MR) is 90.3 cm³/mol. The van der Waals surface area contributed by atoms with Crippen molar-refractivity contribution in [3.05, 3.63) is 40.0 Å². The van der Waals surface area contributed by atoms with Crippen molar-refractivity contribution in [2.75, 3.05) is 12.4 Å². The number of aryl methyl sites for hydroxylation is 1. The molecule has 2 rings (SSSR count). The van der Waals surface area contributed by atoms with Gasteiger partial charge < -0.3 is 10.2 Å². The second kappa shape index (κ2) is 7.35. The molecule has 0 unspecified atom stereocenters. The van der Waals surface area contributed by atoms with Crippen LogP contribution in [0.1, 0.15) is 41.0 Å². The summed E-state index contributed by atoms with van der Waals surface area (Å²) in [6, 6.07) is 3.81. The van der Waals surface area contributed by atoms with Crippen molar-refractivity contribution in [1.82, 2.24) is 14.9 Å². The molecule has 0 radical (unpaired) electrons. The molecular formula is C16H22N4OS. The van der Waals surface area contributed by atoms with Crippen molar-refractivity contribution >= 4 is 23.1 Å². The highest BCUT2D eigenvalue weighted by atomic mass is 32.1. The number of hydrogen-bond acceptors (Lipinski definition) is 5. The normalized spacial score (nSPS) is 10.8. The zero-order chi connectivity index (χ0) is 16.1. The molecule has 0 bridgehead atoms. The Morgan fingerprint density at radius 2 is 2.18 bits per heavy atom. The number of aromatic nitrogens is 2. The molecule has 0 aliphatic rings.